The zero-order valence-corrected chi connectivity index (χ0v) is 31.4. The topological polar surface area (TPSA) is 88.5 Å². The number of carbonyl (C=O) groups is 2. The predicted molar refractivity (Wildman–Crippen MR) is 207 cm³/mol. The van der Waals surface area contributed by atoms with Crippen molar-refractivity contribution in [2.45, 2.75) is 82.4 Å². The molecule has 1 heterocycles. The number of benzene rings is 4. The molecule has 2 aliphatic carbocycles. The molecule has 4 aromatic carbocycles. The van der Waals surface area contributed by atoms with E-state index in [4.69, 9.17) is 14.2 Å². The van der Waals surface area contributed by atoms with Crippen molar-refractivity contribution >= 4 is 17.6 Å². The molecular formula is C45H52N2O6. The van der Waals surface area contributed by atoms with Gasteiger partial charge in [0.1, 0.15) is 17.6 Å². The monoisotopic (exact) mass is 716 g/mol. The van der Waals surface area contributed by atoms with Crippen LogP contribution < -0.4 is 9.64 Å². The largest absolute Gasteiger partial charge is 0.508 e. The number of esters is 2. The van der Waals surface area contributed by atoms with Crippen molar-refractivity contribution < 1.29 is 28.9 Å². The molecule has 0 spiro atoms. The number of rotatable bonds is 11. The molecule has 2 fully saturated rings. The Bertz CT molecular complexity index is 1880. The summed E-state index contributed by atoms with van der Waals surface area (Å²) in [5, 5.41) is 10.2. The van der Waals surface area contributed by atoms with Crippen LogP contribution in [0.4, 0.5) is 5.69 Å². The van der Waals surface area contributed by atoms with Gasteiger partial charge in [0.15, 0.2) is 0 Å². The summed E-state index contributed by atoms with van der Waals surface area (Å²) >= 11 is 0. The van der Waals surface area contributed by atoms with Crippen LogP contribution in [0.5, 0.6) is 11.5 Å². The van der Waals surface area contributed by atoms with Crippen LogP contribution in [0.1, 0.15) is 101 Å². The Labute approximate surface area is 313 Å². The summed E-state index contributed by atoms with van der Waals surface area (Å²) < 4.78 is 16.0. The van der Waals surface area contributed by atoms with Gasteiger partial charge in [-0.2, -0.15) is 0 Å². The Hall–Kier alpha value is -4.82. The van der Waals surface area contributed by atoms with Crippen LogP contribution >= 0.6 is 0 Å². The molecule has 2 atom stereocenters. The number of fused-ring (bicyclic) bond motifs is 1. The van der Waals surface area contributed by atoms with Crippen LogP contribution in [-0.2, 0) is 15.9 Å². The number of ether oxygens (including phenoxy) is 3. The molecule has 2 unspecified atom stereocenters. The molecule has 278 valence electrons. The highest BCUT2D eigenvalue weighted by molar-refractivity contribution is 6.03. The Morgan fingerprint density at radius 1 is 0.811 bits per heavy atom. The molecule has 3 aliphatic rings. The highest BCUT2D eigenvalue weighted by Gasteiger charge is 2.38. The number of methoxy groups -OCH3 is 2. The lowest BCUT2D eigenvalue weighted by Crippen LogP contribution is -2.53. The van der Waals surface area contributed by atoms with Gasteiger partial charge in [-0.25, -0.2) is 9.59 Å². The summed E-state index contributed by atoms with van der Waals surface area (Å²) in [6.07, 6.45) is 6.26. The van der Waals surface area contributed by atoms with Gasteiger partial charge in [0.2, 0.25) is 0 Å². The van der Waals surface area contributed by atoms with Crippen LogP contribution in [0.15, 0.2) is 91.0 Å². The van der Waals surface area contributed by atoms with E-state index in [-0.39, 0.29) is 23.1 Å². The second-order valence-corrected chi connectivity index (χ2v) is 15.3. The van der Waals surface area contributed by atoms with Gasteiger partial charge in [-0.1, -0.05) is 48.5 Å². The third-order valence-corrected chi connectivity index (χ3v) is 11.8. The van der Waals surface area contributed by atoms with Gasteiger partial charge in [0.25, 0.3) is 0 Å². The summed E-state index contributed by atoms with van der Waals surface area (Å²) in [6, 6.07) is 31.9. The number of aryl methyl sites for hydroxylation is 1. The quantitative estimate of drug-likeness (QED) is 0.155. The minimum Gasteiger partial charge on any atom is -0.508 e. The molecule has 8 nitrogen and oxygen atoms in total. The molecule has 0 radical (unpaired) electrons. The molecule has 1 saturated carbocycles. The number of anilines is 1. The van der Waals surface area contributed by atoms with Crippen LogP contribution in [0.3, 0.4) is 0 Å². The first-order valence-corrected chi connectivity index (χ1v) is 19.2. The zero-order valence-electron chi connectivity index (χ0n) is 31.4. The fourth-order valence-electron chi connectivity index (χ4n) is 8.88. The number of hydrogen-bond donors (Lipinski definition) is 1. The highest BCUT2D eigenvalue weighted by Crippen LogP contribution is 2.47. The van der Waals surface area contributed by atoms with E-state index < -0.39 is 11.9 Å². The lowest BCUT2D eigenvalue weighted by Gasteiger charge is -2.46. The summed E-state index contributed by atoms with van der Waals surface area (Å²) in [5.41, 5.74) is 6.90. The van der Waals surface area contributed by atoms with Gasteiger partial charge in [0.05, 0.1) is 25.3 Å². The average Bonchev–Trinajstić information content (AvgIpc) is 3.17. The van der Waals surface area contributed by atoms with Crippen molar-refractivity contribution in [1.82, 2.24) is 4.90 Å². The second kappa shape index (κ2) is 16.0. The van der Waals surface area contributed by atoms with Gasteiger partial charge in [-0.3, -0.25) is 4.90 Å². The molecule has 1 N–H and O–H groups in total. The first kappa shape index (κ1) is 36.5. The maximum Gasteiger partial charge on any atom is 0.338 e. The lowest BCUT2D eigenvalue weighted by atomic mass is 9.69. The van der Waals surface area contributed by atoms with E-state index in [2.05, 4.69) is 84.3 Å². The number of piperidine rings is 1. The smallest absolute Gasteiger partial charge is 0.338 e. The second-order valence-electron chi connectivity index (χ2n) is 15.3. The van der Waals surface area contributed by atoms with Gasteiger partial charge in [-0.15, -0.1) is 0 Å². The SMILES string of the molecule is COC(=O)c1ccc(OC2CC(N(CC3CCN(c4ccc(C5c6ccc(O)cc6CCC5c5ccccc5)cc4)CC3)C(C)C)C2)cc1C(=O)OC. The number of phenols is 1. The van der Waals surface area contributed by atoms with E-state index in [1.54, 1.807) is 18.2 Å². The number of nitrogens with zero attached hydrogens (tertiary/aromatic N) is 2. The zero-order chi connectivity index (χ0) is 37.1. The van der Waals surface area contributed by atoms with Crippen molar-refractivity contribution in [3.05, 3.63) is 124 Å². The fraction of sp³-hybridized carbons (Fsp3) is 0.422. The minimum absolute atomic E-state index is 0.0535. The van der Waals surface area contributed by atoms with Crippen molar-refractivity contribution in [3.63, 3.8) is 0 Å². The van der Waals surface area contributed by atoms with Crippen LogP contribution in [0, 0.1) is 5.92 Å². The van der Waals surface area contributed by atoms with Crippen molar-refractivity contribution in [2.75, 3.05) is 38.8 Å². The Morgan fingerprint density at radius 2 is 1.51 bits per heavy atom. The highest BCUT2D eigenvalue weighted by atomic mass is 16.5. The molecule has 1 saturated heterocycles. The number of carbonyl (C=O) groups excluding carboxylic acids is 2. The molecule has 8 heteroatoms. The Morgan fingerprint density at radius 3 is 2.19 bits per heavy atom. The van der Waals surface area contributed by atoms with Gasteiger partial charge >= 0.3 is 11.9 Å². The van der Waals surface area contributed by atoms with Crippen molar-refractivity contribution in [1.29, 1.82) is 0 Å². The molecule has 53 heavy (non-hydrogen) atoms. The summed E-state index contributed by atoms with van der Waals surface area (Å²) in [6.45, 7) is 7.76. The standard InChI is InChI=1S/C45H52N2O6/c1-29(2)47(35-25-38(26-35)53-37-16-19-41(44(49)51-3)42(27-37)45(50)52-4)28-30-20-22-46(23-21-30)34-13-10-32(11-14-34)43-39(31-8-6-5-7-9-31)17-12-33-24-36(48)15-18-40(33)43/h5-11,13-16,18-19,24,27,29-30,35,38-39,43,48H,12,17,20-23,25-26,28H2,1-4H3. The normalized spacial score (nSPS) is 21.5. The average molecular weight is 717 g/mol. The van der Waals surface area contributed by atoms with E-state index in [9.17, 15) is 14.7 Å². The van der Waals surface area contributed by atoms with E-state index in [0.29, 0.717) is 35.4 Å². The first-order chi connectivity index (χ1) is 25.7. The minimum atomic E-state index is -0.596. The van der Waals surface area contributed by atoms with Crippen molar-refractivity contribution in [2.24, 2.45) is 5.92 Å². The van der Waals surface area contributed by atoms with Gasteiger partial charge in [0, 0.05) is 56.2 Å². The number of aromatic hydroxyl groups is 1. The van der Waals surface area contributed by atoms with E-state index in [1.165, 1.54) is 42.2 Å². The third-order valence-electron chi connectivity index (χ3n) is 11.8. The van der Waals surface area contributed by atoms with Gasteiger partial charge in [-0.05, 0) is 116 Å². The molecule has 0 aromatic heterocycles. The van der Waals surface area contributed by atoms with E-state index >= 15 is 0 Å². The van der Waals surface area contributed by atoms with Crippen LogP contribution in [0.2, 0.25) is 0 Å². The maximum absolute atomic E-state index is 12.4. The van der Waals surface area contributed by atoms with Crippen molar-refractivity contribution in [3.8, 4) is 11.5 Å². The molecule has 1 aliphatic heterocycles. The lowest BCUT2D eigenvalue weighted by molar-refractivity contribution is -0.00664. The fourth-order valence-corrected chi connectivity index (χ4v) is 8.88. The number of phenolic OH excluding ortho intramolecular Hbond substituents is 1. The maximum atomic E-state index is 12.4. The Kier molecular flexibility index (Phi) is 11.1. The van der Waals surface area contributed by atoms with Crippen LogP contribution in [0.25, 0.3) is 0 Å². The molecule has 7 rings (SSSR count). The summed E-state index contributed by atoms with van der Waals surface area (Å²) in [4.78, 5) is 29.7. The van der Waals surface area contributed by atoms with Crippen LogP contribution in [-0.4, -0.2) is 74.0 Å². The summed E-state index contributed by atoms with van der Waals surface area (Å²) in [5.74, 6) is 1.01. The molecular weight excluding hydrogens is 665 g/mol. The first-order valence-electron chi connectivity index (χ1n) is 19.2. The summed E-state index contributed by atoms with van der Waals surface area (Å²) in [7, 11) is 2.58. The van der Waals surface area contributed by atoms with E-state index in [1.807, 2.05) is 12.1 Å². The molecule has 0 bridgehead atoms. The van der Waals surface area contributed by atoms with Gasteiger partial charge < -0.3 is 24.2 Å². The van der Waals surface area contributed by atoms with E-state index in [0.717, 1.165) is 58.2 Å². The third kappa shape index (κ3) is 7.93. The Balaban J connectivity index is 0.948. The number of hydrogen-bond acceptors (Lipinski definition) is 8. The molecule has 4 aromatic rings. The molecule has 0 amide bonds. The predicted octanol–water partition coefficient (Wildman–Crippen LogP) is 8.36.